The Morgan fingerprint density at radius 1 is 1.27 bits per heavy atom. The van der Waals surface area contributed by atoms with Crippen molar-refractivity contribution in [2.24, 2.45) is 0 Å². The first-order valence-electron chi connectivity index (χ1n) is 7.58. The van der Waals surface area contributed by atoms with Gasteiger partial charge in [0.1, 0.15) is 11.5 Å². The Kier molecular flexibility index (Phi) is 4.27. The summed E-state index contributed by atoms with van der Waals surface area (Å²) in [7, 11) is 0. The molecule has 0 saturated carbocycles. The number of rotatable bonds is 3. The highest BCUT2D eigenvalue weighted by Crippen LogP contribution is 2.38. The van der Waals surface area contributed by atoms with Crippen molar-refractivity contribution >= 4 is 11.6 Å². The van der Waals surface area contributed by atoms with Crippen LogP contribution in [0.5, 0.6) is 11.5 Å². The van der Waals surface area contributed by atoms with Crippen LogP contribution in [0.1, 0.15) is 35.2 Å². The predicted octanol–water partition coefficient (Wildman–Crippen LogP) is 3.99. The van der Waals surface area contributed by atoms with Crippen LogP contribution in [0.15, 0.2) is 30.3 Å². The van der Waals surface area contributed by atoms with E-state index in [1.807, 2.05) is 38.1 Å². The molecule has 22 heavy (non-hydrogen) atoms. The van der Waals surface area contributed by atoms with Crippen LogP contribution in [-0.2, 0) is 6.42 Å². The SMILES string of the molecule is CCOc1c(C)cc(Cl)cc1C1NCCc2cc(O)ccc21. The fourth-order valence-corrected chi connectivity index (χ4v) is 3.42. The molecule has 0 bridgehead atoms. The highest BCUT2D eigenvalue weighted by Gasteiger charge is 2.25. The number of hydrogen-bond acceptors (Lipinski definition) is 3. The summed E-state index contributed by atoms with van der Waals surface area (Å²) >= 11 is 6.27. The molecule has 3 nitrogen and oxygen atoms in total. The molecule has 3 rings (SSSR count). The van der Waals surface area contributed by atoms with Gasteiger partial charge in [-0.1, -0.05) is 17.7 Å². The van der Waals surface area contributed by atoms with E-state index >= 15 is 0 Å². The third-order valence-corrected chi connectivity index (χ3v) is 4.27. The van der Waals surface area contributed by atoms with Crippen LogP contribution in [0.25, 0.3) is 0 Å². The van der Waals surface area contributed by atoms with Crippen LogP contribution in [0.4, 0.5) is 0 Å². The molecule has 1 atom stereocenters. The topological polar surface area (TPSA) is 41.5 Å². The van der Waals surface area contributed by atoms with Crippen molar-refractivity contribution in [3.05, 3.63) is 57.6 Å². The summed E-state index contributed by atoms with van der Waals surface area (Å²) in [6.45, 7) is 5.47. The van der Waals surface area contributed by atoms with Gasteiger partial charge in [0.2, 0.25) is 0 Å². The zero-order valence-electron chi connectivity index (χ0n) is 12.8. The van der Waals surface area contributed by atoms with Gasteiger partial charge in [0.15, 0.2) is 0 Å². The van der Waals surface area contributed by atoms with Crippen molar-refractivity contribution in [2.75, 3.05) is 13.2 Å². The van der Waals surface area contributed by atoms with Gasteiger partial charge in [-0.3, -0.25) is 0 Å². The van der Waals surface area contributed by atoms with E-state index in [0.717, 1.165) is 29.8 Å². The number of ether oxygens (including phenoxy) is 1. The summed E-state index contributed by atoms with van der Waals surface area (Å²) in [6.07, 6.45) is 0.906. The molecular formula is C18H20ClNO2. The summed E-state index contributed by atoms with van der Waals surface area (Å²) < 4.78 is 5.87. The molecule has 0 radical (unpaired) electrons. The zero-order chi connectivity index (χ0) is 15.7. The molecule has 2 N–H and O–H groups in total. The van der Waals surface area contributed by atoms with E-state index in [4.69, 9.17) is 16.3 Å². The molecule has 0 aliphatic carbocycles. The summed E-state index contributed by atoms with van der Waals surface area (Å²) in [5, 5.41) is 14.0. The molecule has 0 saturated heterocycles. The lowest BCUT2D eigenvalue weighted by Crippen LogP contribution is -2.31. The summed E-state index contributed by atoms with van der Waals surface area (Å²) in [6, 6.07) is 9.49. The van der Waals surface area contributed by atoms with Gasteiger partial charge >= 0.3 is 0 Å². The Hall–Kier alpha value is -1.71. The molecule has 0 aromatic heterocycles. The molecule has 1 aliphatic rings. The Labute approximate surface area is 135 Å². The molecular weight excluding hydrogens is 298 g/mol. The van der Waals surface area contributed by atoms with Crippen LogP contribution in [0, 0.1) is 6.92 Å². The molecule has 2 aromatic rings. The number of fused-ring (bicyclic) bond motifs is 1. The van der Waals surface area contributed by atoms with Crippen LogP contribution >= 0.6 is 11.6 Å². The van der Waals surface area contributed by atoms with Crippen LogP contribution < -0.4 is 10.1 Å². The monoisotopic (exact) mass is 317 g/mol. The number of phenolic OH excluding ortho intramolecular Hbond substituents is 1. The predicted molar refractivity (Wildman–Crippen MR) is 89.0 cm³/mol. The van der Waals surface area contributed by atoms with Crippen molar-refractivity contribution in [3.63, 3.8) is 0 Å². The van der Waals surface area contributed by atoms with Crippen molar-refractivity contribution in [2.45, 2.75) is 26.3 Å². The Balaban J connectivity index is 2.13. The lowest BCUT2D eigenvalue weighted by Gasteiger charge is -2.29. The van der Waals surface area contributed by atoms with Crippen LogP contribution in [0.3, 0.4) is 0 Å². The molecule has 0 spiro atoms. The molecule has 0 fully saturated rings. The molecule has 4 heteroatoms. The minimum absolute atomic E-state index is 0.0308. The van der Waals surface area contributed by atoms with E-state index < -0.39 is 0 Å². The molecule has 2 aromatic carbocycles. The summed E-state index contributed by atoms with van der Waals surface area (Å²) in [4.78, 5) is 0. The molecule has 116 valence electrons. The first-order chi connectivity index (χ1) is 10.6. The molecule has 1 unspecified atom stereocenters. The van der Waals surface area contributed by atoms with Gasteiger partial charge in [-0.15, -0.1) is 0 Å². The standard InChI is InChI=1S/C18H20ClNO2/c1-3-22-18-11(2)8-13(19)10-16(18)17-15-5-4-14(21)9-12(15)6-7-20-17/h4-5,8-10,17,20-21H,3,6-7H2,1-2H3. The third kappa shape index (κ3) is 2.79. The fraction of sp³-hybridized carbons (Fsp3) is 0.333. The maximum Gasteiger partial charge on any atom is 0.127 e. The van der Waals surface area contributed by atoms with Gasteiger partial charge < -0.3 is 15.2 Å². The fourth-order valence-electron chi connectivity index (χ4n) is 3.14. The average molecular weight is 318 g/mol. The van der Waals surface area contributed by atoms with E-state index in [1.165, 1.54) is 11.1 Å². The number of halogens is 1. The second-order valence-electron chi connectivity index (χ2n) is 5.59. The number of benzene rings is 2. The highest BCUT2D eigenvalue weighted by molar-refractivity contribution is 6.30. The molecule has 1 heterocycles. The van der Waals surface area contributed by atoms with Gasteiger partial charge in [-0.2, -0.15) is 0 Å². The number of nitrogens with one attached hydrogen (secondary N) is 1. The van der Waals surface area contributed by atoms with Crippen molar-refractivity contribution in [1.82, 2.24) is 5.32 Å². The van der Waals surface area contributed by atoms with Crippen molar-refractivity contribution < 1.29 is 9.84 Å². The second kappa shape index (κ2) is 6.19. The Bertz CT molecular complexity index is 700. The highest BCUT2D eigenvalue weighted by atomic mass is 35.5. The van der Waals surface area contributed by atoms with Gasteiger partial charge in [0.25, 0.3) is 0 Å². The number of aryl methyl sites for hydroxylation is 1. The van der Waals surface area contributed by atoms with E-state index in [2.05, 4.69) is 5.32 Å². The number of aromatic hydroxyl groups is 1. The zero-order valence-corrected chi connectivity index (χ0v) is 13.6. The number of hydrogen-bond donors (Lipinski definition) is 2. The minimum Gasteiger partial charge on any atom is -0.508 e. The molecule has 0 amide bonds. The van der Waals surface area contributed by atoms with Gasteiger partial charge in [0, 0.05) is 17.1 Å². The van der Waals surface area contributed by atoms with Crippen molar-refractivity contribution in [3.8, 4) is 11.5 Å². The van der Waals surface area contributed by atoms with Crippen LogP contribution in [0.2, 0.25) is 5.02 Å². The second-order valence-corrected chi connectivity index (χ2v) is 6.03. The maximum atomic E-state index is 9.71. The summed E-state index contributed by atoms with van der Waals surface area (Å²) in [5.41, 5.74) is 4.44. The minimum atomic E-state index is 0.0308. The number of phenols is 1. The quantitative estimate of drug-likeness (QED) is 0.899. The molecule has 1 aliphatic heterocycles. The lowest BCUT2D eigenvalue weighted by atomic mass is 9.88. The first-order valence-corrected chi connectivity index (χ1v) is 7.96. The Morgan fingerprint density at radius 2 is 2.09 bits per heavy atom. The third-order valence-electron chi connectivity index (χ3n) is 4.05. The smallest absolute Gasteiger partial charge is 0.127 e. The van der Waals surface area contributed by atoms with E-state index in [0.29, 0.717) is 17.4 Å². The van der Waals surface area contributed by atoms with Gasteiger partial charge in [0.05, 0.1) is 12.6 Å². The van der Waals surface area contributed by atoms with E-state index in [9.17, 15) is 5.11 Å². The first kappa shape index (κ1) is 15.2. The average Bonchev–Trinajstić information content (AvgIpc) is 2.49. The normalized spacial score (nSPS) is 17.1. The largest absolute Gasteiger partial charge is 0.508 e. The van der Waals surface area contributed by atoms with E-state index in [1.54, 1.807) is 6.07 Å². The van der Waals surface area contributed by atoms with Gasteiger partial charge in [-0.05, 0) is 61.2 Å². The van der Waals surface area contributed by atoms with Crippen LogP contribution in [-0.4, -0.2) is 18.3 Å². The Morgan fingerprint density at radius 3 is 2.86 bits per heavy atom. The summed E-state index contributed by atoms with van der Waals surface area (Å²) in [5.74, 6) is 1.21. The van der Waals surface area contributed by atoms with E-state index in [-0.39, 0.29) is 6.04 Å². The lowest BCUT2D eigenvalue weighted by molar-refractivity contribution is 0.330. The maximum absolute atomic E-state index is 9.71. The van der Waals surface area contributed by atoms with Gasteiger partial charge in [-0.25, -0.2) is 0 Å². The van der Waals surface area contributed by atoms with Crippen molar-refractivity contribution in [1.29, 1.82) is 0 Å².